The van der Waals surface area contributed by atoms with Crippen LogP contribution in [0.3, 0.4) is 0 Å². The van der Waals surface area contributed by atoms with Gasteiger partial charge < -0.3 is 9.30 Å². The Morgan fingerprint density at radius 2 is 1.47 bits per heavy atom. The van der Waals surface area contributed by atoms with Gasteiger partial charge in [0, 0.05) is 17.1 Å². The molecule has 5 rings (SSSR count). The van der Waals surface area contributed by atoms with Crippen molar-refractivity contribution in [3.63, 3.8) is 0 Å². The second-order valence-corrected chi connectivity index (χ2v) is 9.56. The lowest BCUT2D eigenvalue weighted by Gasteiger charge is -2.13. The molecular weight excluding hydrogens is 468 g/mol. The number of aromatic nitrogens is 1. The number of para-hydroxylation sites is 1. The molecule has 0 saturated carbocycles. The highest BCUT2D eigenvalue weighted by molar-refractivity contribution is 8.18. The Morgan fingerprint density at radius 1 is 0.833 bits per heavy atom. The van der Waals surface area contributed by atoms with E-state index in [0.29, 0.717) is 10.7 Å². The number of ether oxygens (including phenoxy) is 1. The number of nitrogens with zero attached hydrogens (tertiary/aromatic N) is 2. The maximum absolute atomic E-state index is 13.0. The molecule has 4 aromatic rings. The molecule has 36 heavy (non-hydrogen) atoms. The normalized spacial score (nSPS) is 14.6. The van der Waals surface area contributed by atoms with Crippen molar-refractivity contribution in [2.75, 3.05) is 13.2 Å². The van der Waals surface area contributed by atoms with E-state index in [-0.39, 0.29) is 24.3 Å². The lowest BCUT2D eigenvalue weighted by Crippen LogP contribution is -2.32. The summed E-state index contributed by atoms with van der Waals surface area (Å²) in [6.45, 7) is 4.54. The molecule has 1 aromatic heterocycles. The lowest BCUT2D eigenvalue weighted by atomic mass is 10.1. The first-order valence-electron chi connectivity index (χ1n) is 11.8. The van der Waals surface area contributed by atoms with Crippen LogP contribution < -0.4 is 4.74 Å². The molecule has 1 aliphatic rings. The van der Waals surface area contributed by atoms with Gasteiger partial charge in [-0.05, 0) is 78.7 Å². The Hall–Kier alpha value is -4.03. The zero-order valence-corrected chi connectivity index (χ0v) is 21.0. The second-order valence-electron chi connectivity index (χ2n) is 8.57. The van der Waals surface area contributed by atoms with E-state index >= 15 is 0 Å². The number of imide groups is 1. The van der Waals surface area contributed by atoms with Crippen LogP contribution in [0.25, 0.3) is 22.9 Å². The first kappa shape index (κ1) is 23.7. The van der Waals surface area contributed by atoms with Crippen molar-refractivity contribution in [1.29, 1.82) is 0 Å². The molecule has 180 valence electrons. The first-order valence-corrected chi connectivity index (χ1v) is 12.6. The molecule has 2 amide bonds. The van der Waals surface area contributed by atoms with Gasteiger partial charge in [0.15, 0.2) is 0 Å². The average molecular weight is 495 g/mol. The van der Waals surface area contributed by atoms with Crippen LogP contribution in [0.15, 0.2) is 95.9 Å². The number of benzene rings is 3. The predicted molar refractivity (Wildman–Crippen MR) is 145 cm³/mol. The molecule has 0 aliphatic carbocycles. The molecule has 3 aromatic carbocycles. The number of thioether (sulfide) groups is 1. The van der Waals surface area contributed by atoms with Crippen molar-refractivity contribution < 1.29 is 14.3 Å². The molecule has 0 bridgehead atoms. The minimum absolute atomic E-state index is 0.212. The fourth-order valence-corrected chi connectivity index (χ4v) is 5.23. The van der Waals surface area contributed by atoms with Gasteiger partial charge in [-0.15, -0.1) is 0 Å². The maximum Gasteiger partial charge on any atom is 0.293 e. The summed E-state index contributed by atoms with van der Waals surface area (Å²) in [6, 6.07) is 30.1. The molecule has 1 fully saturated rings. The van der Waals surface area contributed by atoms with Crippen molar-refractivity contribution in [3.8, 4) is 22.6 Å². The van der Waals surface area contributed by atoms with E-state index < -0.39 is 0 Å². The summed E-state index contributed by atoms with van der Waals surface area (Å²) < 4.78 is 7.83. The van der Waals surface area contributed by atoms with Gasteiger partial charge in [-0.2, -0.15) is 0 Å². The van der Waals surface area contributed by atoms with Crippen LogP contribution in [0.1, 0.15) is 17.0 Å². The number of amides is 2. The van der Waals surface area contributed by atoms with Crippen LogP contribution >= 0.6 is 11.8 Å². The van der Waals surface area contributed by atoms with Gasteiger partial charge in [-0.3, -0.25) is 14.5 Å². The summed E-state index contributed by atoms with van der Waals surface area (Å²) in [4.78, 5) is 27.2. The fourth-order valence-electron chi connectivity index (χ4n) is 4.37. The average Bonchev–Trinajstić information content (AvgIpc) is 3.33. The number of hydrogen-bond donors (Lipinski definition) is 0. The summed E-state index contributed by atoms with van der Waals surface area (Å²) in [5, 5.41) is -0.270. The molecule has 2 heterocycles. The minimum Gasteiger partial charge on any atom is -0.492 e. The van der Waals surface area contributed by atoms with Crippen LogP contribution in [0, 0.1) is 13.8 Å². The van der Waals surface area contributed by atoms with Crippen LogP contribution in [0.2, 0.25) is 0 Å². The lowest BCUT2D eigenvalue weighted by molar-refractivity contribution is -0.123. The molecule has 0 radical (unpaired) electrons. The van der Waals surface area contributed by atoms with E-state index in [1.165, 1.54) is 10.5 Å². The molecule has 1 saturated heterocycles. The molecule has 6 heteroatoms. The van der Waals surface area contributed by atoms with Crippen LogP contribution in [0.5, 0.6) is 5.75 Å². The highest BCUT2D eigenvalue weighted by Crippen LogP contribution is 2.34. The number of aryl methyl sites for hydroxylation is 1. The highest BCUT2D eigenvalue weighted by Gasteiger charge is 2.35. The Kier molecular flexibility index (Phi) is 6.78. The van der Waals surface area contributed by atoms with Crippen molar-refractivity contribution in [1.82, 2.24) is 9.47 Å². The van der Waals surface area contributed by atoms with Gasteiger partial charge in [0.05, 0.1) is 11.4 Å². The smallest absolute Gasteiger partial charge is 0.293 e. The molecule has 5 nitrogen and oxygen atoms in total. The third-order valence-corrected chi connectivity index (χ3v) is 7.10. The summed E-state index contributed by atoms with van der Waals surface area (Å²) >= 11 is 0.976. The van der Waals surface area contributed by atoms with E-state index in [9.17, 15) is 9.59 Å². The highest BCUT2D eigenvalue weighted by atomic mass is 32.2. The van der Waals surface area contributed by atoms with E-state index in [4.69, 9.17) is 4.74 Å². The van der Waals surface area contributed by atoms with Gasteiger partial charge in [0.1, 0.15) is 12.4 Å². The summed E-state index contributed by atoms with van der Waals surface area (Å²) in [7, 11) is 0. The van der Waals surface area contributed by atoms with E-state index in [1.54, 1.807) is 0 Å². The van der Waals surface area contributed by atoms with Crippen LogP contribution in [-0.4, -0.2) is 33.8 Å². The molecule has 0 atom stereocenters. The zero-order valence-electron chi connectivity index (χ0n) is 20.2. The van der Waals surface area contributed by atoms with Crippen LogP contribution in [-0.2, 0) is 4.79 Å². The quantitative estimate of drug-likeness (QED) is 0.263. The van der Waals surface area contributed by atoms with E-state index in [0.717, 1.165) is 40.0 Å². The molecule has 0 unspecified atom stereocenters. The number of carbonyl (C=O) groups is 2. The number of rotatable bonds is 7. The first-order chi connectivity index (χ1) is 17.5. The van der Waals surface area contributed by atoms with Crippen molar-refractivity contribution >= 4 is 29.0 Å². The van der Waals surface area contributed by atoms with Crippen molar-refractivity contribution in [2.24, 2.45) is 0 Å². The Bertz CT molecular complexity index is 1420. The zero-order chi connectivity index (χ0) is 25.1. The molecule has 1 aliphatic heterocycles. The van der Waals surface area contributed by atoms with Crippen LogP contribution in [0.4, 0.5) is 4.79 Å². The predicted octanol–water partition coefficient (Wildman–Crippen LogP) is 6.88. The summed E-state index contributed by atoms with van der Waals surface area (Å²) in [5.74, 6) is 0.433. The van der Waals surface area contributed by atoms with E-state index in [1.807, 2.05) is 74.5 Å². The third-order valence-electron chi connectivity index (χ3n) is 6.19. The fraction of sp³-hybridized carbons (Fsp3) is 0.133. The van der Waals surface area contributed by atoms with Gasteiger partial charge >= 0.3 is 0 Å². The largest absolute Gasteiger partial charge is 0.492 e. The topological polar surface area (TPSA) is 51.5 Å². The Labute approximate surface area is 215 Å². The standard InChI is InChI=1S/C30H26N2O3S/c1-21-19-25(22(2)32(21)26-15-13-24(14-16-26)23-9-5-3-6-10-23)20-28-29(33)31(30(34)36-28)17-18-35-27-11-7-4-8-12-27/h3-16,19-20H,17-18H2,1-2H3/b28-20-. The molecule has 0 N–H and O–H groups in total. The Morgan fingerprint density at radius 3 is 2.17 bits per heavy atom. The van der Waals surface area contributed by atoms with Gasteiger partial charge in [0.25, 0.3) is 11.1 Å². The number of carbonyl (C=O) groups excluding carboxylic acids is 2. The van der Waals surface area contributed by atoms with Gasteiger partial charge in [0.2, 0.25) is 0 Å². The summed E-state index contributed by atoms with van der Waals surface area (Å²) in [6.07, 6.45) is 1.82. The van der Waals surface area contributed by atoms with E-state index in [2.05, 4.69) is 41.0 Å². The van der Waals surface area contributed by atoms with Gasteiger partial charge in [-0.25, -0.2) is 0 Å². The summed E-state index contributed by atoms with van der Waals surface area (Å²) in [5.41, 5.74) is 6.38. The molecule has 0 spiro atoms. The molecular formula is C30H26N2O3S. The Balaban J connectivity index is 1.32. The van der Waals surface area contributed by atoms with Gasteiger partial charge in [-0.1, -0.05) is 60.7 Å². The van der Waals surface area contributed by atoms with Crippen molar-refractivity contribution in [2.45, 2.75) is 13.8 Å². The van der Waals surface area contributed by atoms with Crippen molar-refractivity contribution in [3.05, 3.63) is 113 Å². The third kappa shape index (κ3) is 4.86. The maximum atomic E-state index is 13.0. The minimum atomic E-state index is -0.279. The number of hydrogen-bond acceptors (Lipinski definition) is 4. The second kappa shape index (κ2) is 10.3. The SMILES string of the molecule is Cc1cc(/C=C2\SC(=O)N(CCOc3ccccc3)C2=O)c(C)n1-c1ccc(-c2ccccc2)cc1. The monoisotopic (exact) mass is 494 g/mol.